The summed E-state index contributed by atoms with van der Waals surface area (Å²) >= 11 is 0. The molecular formula is C16H23NO4. The number of benzene rings is 1. The molecule has 1 saturated heterocycles. The summed E-state index contributed by atoms with van der Waals surface area (Å²) in [5, 5.41) is 10.2. The Hall–Kier alpha value is -1.91. The van der Waals surface area contributed by atoms with Gasteiger partial charge in [-0.15, -0.1) is 0 Å². The first-order valence-electron chi connectivity index (χ1n) is 7.30. The molecule has 2 rings (SSSR count). The van der Waals surface area contributed by atoms with E-state index in [2.05, 4.69) is 0 Å². The van der Waals surface area contributed by atoms with Crippen LogP contribution in [0.15, 0.2) is 12.1 Å². The van der Waals surface area contributed by atoms with Crippen LogP contribution in [0.1, 0.15) is 25.3 Å². The van der Waals surface area contributed by atoms with Crippen LogP contribution >= 0.6 is 0 Å². The van der Waals surface area contributed by atoms with Gasteiger partial charge in [-0.3, -0.25) is 4.79 Å². The zero-order valence-corrected chi connectivity index (χ0v) is 12.9. The maximum absolute atomic E-state index is 12.1. The molecule has 1 heterocycles. The van der Waals surface area contributed by atoms with E-state index in [0.29, 0.717) is 24.5 Å². The first-order valence-corrected chi connectivity index (χ1v) is 7.30. The lowest BCUT2D eigenvalue weighted by Gasteiger charge is -2.30. The van der Waals surface area contributed by atoms with Gasteiger partial charge in [-0.05, 0) is 30.9 Å². The molecule has 1 aliphatic rings. The molecule has 5 heteroatoms. The Kier molecular flexibility index (Phi) is 4.94. The number of rotatable bonds is 5. The number of likely N-dealkylation sites (tertiary alicyclic amines) is 1. The maximum Gasteiger partial charge on any atom is 0.225 e. The van der Waals surface area contributed by atoms with Crippen LogP contribution < -0.4 is 9.47 Å². The van der Waals surface area contributed by atoms with Crippen molar-refractivity contribution >= 4 is 5.91 Å². The van der Waals surface area contributed by atoms with Gasteiger partial charge in [-0.25, -0.2) is 0 Å². The molecule has 116 valence electrons. The van der Waals surface area contributed by atoms with E-state index in [4.69, 9.17) is 9.47 Å². The number of amides is 1. The third-order valence-electron chi connectivity index (χ3n) is 4.05. The van der Waals surface area contributed by atoms with E-state index in [0.717, 1.165) is 24.9 Å². The fraction of sp³-hybridized carbons (Fsp3) is 0.562. The summed E-state index contributed by atoms with van der Waals surface area (Å²) in [4.78, 5) is 14.0. The summed E-state index contributed by atoms with van der Waals surface area (Å²) < 4.78 is 10.3. The zero-order valence-electron chi connectivity index (χ0n) is 12.9. The summed E-state index contributed by atoms with van der Waals surface area (Å²) in [7, 11) is 3.03. The molecule has 1 atom stereocenters. The van der Waals surface area contributed by atoms with E-state index in [9.17, 15) is 9.90 Å². The van der Waals surface area contributed by atoms with Gasteiger partial charge in [-0.2, -0.15) is 0 Å². The third kappa shape index (κ3) is 3.23. The van der Waals surface area contributed by atoms with Crippen LogP contribution in [-0.4, -0.2) is 43.2 Å². The Morgan fingerprint density at radius 3 is 2.76 bits per heavy atom. The van der Waals surface area contributed by atoms with Crippen LogP contribution in [0.3, 0.4) is 0 Å². The number of hydrogen-bond acceptors (Lipinski definition) is 4. The smallest absolute Gasteiger partial charge is 0.225 e. The van der Waals surface area contributed by atoms with Crippen LogP contribution in [0.2, 0.25) is 0 Å². The molecule has 0 radical (unpaired) electrons. The van der Waals surface area contributed by atoms with E-state index >= 15 is 0 Å². The number of hydrogen-bond donors (Lipinski definition) is 1. The number of aromatic hydroxyl groups is 1. The van der Waals surface area contributed by atoms with Crippen molar-refractivity contribution in [2.24, 2.45) is 5.92 Å². The molecule has 1 unspecified atom stereocenters. The van der Waals surface area contributed by atoms with Gasteiger partial charge in [-0.1, -0.05) is 13.0 Å². The molecule has 1 aromatic carbocycles. The van der Waals surface area contributed by atoms with E-state index in [1.807, 2.05) is 17.9 Å². The van der Waals surface area contributed by atoms with E-state index in [1.165, 1.54) is 14.2 Å². The number of carbonyl (C=O) groups excluding carboxylic acids is 1. The van der Waals surface area contributed by atoms with Crippen molar-refractivity contribution in [3.05, 3.63) is 17.7 Å². The van der Waals surface area contributed by atoms with Crippen LogP contribution in [0, 0.1) is 5.92 Å². The van der Waals surface area contributed by atoms with Gasteiger partial charge in [0, 0.05) is 19.0 Å². The molecule has 0 spiro atoms. The van der Waals surface area contributed by atoms with E-state index in [-0.39, 0.29) is 17.6 Å². The van der Waals surface area contributed by atoms with Crippen molar-refractivity contribution in [2.45, 2.75) is 26.2 Å². The first-order chi connectivity index (χ1) is 10.1. The van der Waals surface area contributed by atoms with Gasteiger partial charge in [0.25, 0.3) is 0 Å². The summed E-state index contributed by atoms with van der Waals surface area (Å²) in [6.45, 7) is 3.39. The fourth-order valence-electron chi connectivity index (χ4n) is 2.76. The number of ether oxygens (including phenoxy) is 2. The van der Waals surface area contributed by atoms with Crippen molar-refractivity contribution in [1.29, 1.82) is 0 Å². The van der Waals surface area contributed by atoms with E-state index < -0.39 is 0 Å². The second-order valence-corrected chi connectivity index (χ2v) is 5.43. The van der Waals surface area contributed by atoms with Crippen LogP contribution in [0.25, 0.3) is 0 Å². The number of nitrogens with zero attached hydrogens (tertiary/aromatic N) is 1. The lowest BCUT2D eigenvalue weighted by atomic mass is 9.98. The van der Waals surface area contributed by atoms with Crippen molar-refractivity contribution in [1.82, 2.24) is 4.90 Å². The highest BCUT2D eigenvalue weighted by atomic mass is 16.5. The molecule has 1 fully saturated rings. The highest BCUT2D eigenvalue weighted by molar-refractivity contribution is 5.79. The van der Waals surface area contributed by atoms with Gasteiger partial charge in [0.2, 0.25) is 11.7 Å². The number of phenols is 1. The number of piperidine rings is 1. The monoisotopic (exact) mass is 293 g/mol. The van der Waals surface area contributed by atoms with Crippen molar-refractivity contribution in [3.8, 4) is 17.2 Å². The molecule has 0 aromatic heterocycles. The van der Waals surface area contributed by atoms with Crippen molar-refractivity contribution in [2.75, 3.05) is 27.3 Å². The summed E-state index contributed by atoms with van der Waals surface area (Å²) in [5.41, 5.74) is 0.763. The van der Waals surface area contributed by atoms with Crippen molar-refractivity contribution < 1.29 is 19.4 Å². The number of methoxy groups -OCH3 is 2. The number of carbonyl (C=O) groups is 1. The highest BCUT2D eigenvalue weighted by Crippen LogP contribution is 2.39. The Balaban J connectivity index is 2.08. The molecule has 0 aliphatic carbocycles. The largest absolute Gasteiger partial charge is 0.504 e. The van der Waals surface area contributed by atoms with Gasteiger partial charge in [0.15, 0.2) is 11.5 Å². The summed E-state index contributed by atoms with van der Waals surface area (Å²) in [6, 6.07) is 3.59. The Labute approximate surface area is 125 Å². The Morgan fingerprint density at radius 1 is 1.33 bits per heavy atom. The predicted octanol–water partition coefficient (Wildman–Crippen LogP) is 2.21. The average molecular weight is 293 g/mol. The Morgan fingerprint density at radius 2 is 2.10 bits per heavy atom. The SMILES string of the molecule is COc1ccc(CCN2CCCC(C)C2=O)c(O)c1OC. The summed E-state index contributed by atoms with van der Waals surface area (Å²) in [6.07, 6.45) is 2.62. The minimum absolute atomic E-state index is 0.0920. The molecule has 0 saturated carbocycles. The normalized spacial score (nSPS) is 18.7. The fourth-order valence-corrected chi connectivity index (χ4v) is 2.76. The third-order valence-corrected chi connectivity index (χ3v) is 4.05. The average Bonchev–Trinajstić information content (AvgIpc) is 2.49. The van der Waals surface area contributed by atoms with E-state index in [1.54, 1.807) is 6.07 Å². The summed E-state index contributed by atoms with van der Waals surface area (Å²) in [5.74, 6) is 1.25. The molecule has 1 amide bonds. The first kappa shape index (κ1) is 15.5. The standard InChI is InChI=1S/C16H23NO4/c1-11-5-4-9-17(16(11)19)10-8-12-6-7-13(20-2)15(21-3)14(12)18/h6-7,11,18H,4-5,8-10H2,1-3H3. The van der Waals surface area contributed by atoms with Crippen LogP contribution in [0.4, 0.5) is 0 Å². The quantitative estimate of drug-likeness (QED) is 0.904. The van der Waals surface area contributed by atoms with Gasteiger partial charge in [0.1, 0.15) is 0 Å². The molecule has 1 aromatic rings. The van der Waals surface area contributed by atoms with Gasteiger partial charge < -0.3 is 19.5 Å². The highest BCUT2D eigenvalue weighted by Gasteiger charge is 2.25. The topological polar surface area (TPSA) is 59.0 Å². The number of phenolic OH excluding ortho intramolecular Hbond substituents is 1. The second kappa shape index (κ2) is 6.70. The molecule has 1 aliphatic heterocycles. The molecular weight excluding hydrogens is 270 g/mol. The van der Waals surface area contributed by atoms with Gasteiger partial charge >= 0.3 is 0 Å². The molecule has 21 heavy (non-hydrogen) atoms. The second-order valence-electron chi connectivity index (χ2n) is 5.43. The lowest BCUT2D eigenvalue weighted by molar-refractivity contribution is -0.137. The van der Waals surface area contributed by atoms with Crippen LogP contribution in [0.5, 0.6) is 17.2 Å². The van der Waals surface area contributed by atoms with Gasteiger partial charge in [0.05, 0.1) is 14.2 Å². The predicted molar refractivity (Wildman–Crippen MR) is 79.9 cm³/mol. The van der Waals surface area contributed by atoms with Crippen LogP contribution in [-0.2, 0) is 11.2 Å². The zero-order chi connectivity index (χ0) is 15.4. The minimum Gasteiger partial charge on any atom is -0.504 e. The molecule has 1 N–H and O–H groups in total. The van der Waals surface area contributed by atoms with Crippen molar-refractivity contribution in [3.63, 3.8) is 0 Å². The maximum atomic E-state index is 12.1. The minimum atomic E-state index is 0.0920. The Bertz CT molecular complexity index is 515. The molecule has 0 bridgehead atoms. The lowest BCUT2D eigenvalue weighted by Crippen LogP contribution is -2.41. The molecule has 5 nitrogen and oxygen atoms in total.